The Bertz CT molecular complexity index is 1510. The molecular formula is C23H19N3O5S. The van der Waals surface area contributed by atoms with E-state index in [1.165, 1.54) is 12.1 Å². The highest BCUT2D eigenvalue weighted by Crippen LogP contribution is 2.36. The van der Waals surface area contributed by atoms with Crippen LogP contribution in [0.3, 0.4) is 0 Å². The Kier molecular flexibility index (Phi) is 4.63. The first kappa shape index (κ1) is 20.1. The molecule has 1 aliphatic rings. The number of sulfonamides is 1. The van der Waals surface area contributed by atoms with Gasteiger partial charge in [-0.25, -0.2) is 13.2 Å². The van der Waals surface area contributed by atoms with Gasteiger partial charge in [0.05, 0.1) is 16.5 Å². The van der Waals surface area contributed by atoms with Gasteiger partial charge in [0.15, 0.2) is 5.58 Å². The summed E-state index contributed by atoms with van der Waals surface area (Å²) in [6, 6.07) is 18.2. The number of oxazole rings is 1. The molecule has 2 heterocycles. The number of nitrogens with zero attached hydrogens (tertiary/aromatic N) is 1. The summed E-state index contributed by atoms with van der Waals surface area (Å²) in [6.07, 6.45) is 0. The van der Waals surface area contributed by atoms with E-state index < -0.39 is 15.8 Å². The number of H-pyrrole nitrogens is 1. The Hall–Kier alpha value is -3.85. The van der Waals surface area contributed by atoms with Gasteiger partial charge < -0.3 is 9.32 Å². The number of carbonyl (C=O) groups is 1. The lowest BCUT2D eigenvalue weighted by Gasteiger charge is -2.22. The fourth-order valence-electron chi connectivity index (χ4n) is 3.98. The Morgan fingerprint density at radius 3 is 2.59 bits per heavy atom. The summed E-state index contributed by atoms with van der Waals surface area (Å²) in [6.45, 7) is 2.25. The van der Waals surface area contributed by atoms with Gasteiger partial charge >= 0.3 is 5.76 Å². The monoisotopic (exact) mass is 449 g/mol. The molecule has 0 fully saturated rings. The quantitative estimate of drug-likeness (QED) is 0.483. The normalized spacial score (nSPS) is 15.8. The molecule has 1 amide bonds. The number of anilines is 1. The van der Waals surface area contributed by atoms with Crippen molar-refractivity contribution in [1.82, 2.24) is 9.88 Å². The van der Waals surface area contributed by atoms with E-state index in [9.17, 15) is 18.0 Å². The van der Waals surface area contributed by atoms with Gasteiger partial charge in [0, 0.05) is 17.8 Å². The van der Waals surface area contributed by atoms with E-state index in [4.69, 9.17) is 4.42 Å². The fourth-order valence-corrected chi connectivity index (χ4v) is 5.05. The Morgan fingerprint density at radius 1 is 1.03 bits per heavy atom. The number of benzene rings is 3. The molecule has 2 N–H and O–H groups in total. The third kappa shape index (κ3) is 3.46. The summed E-state index contributed by atoms with van der Waals surface area (Å²) in [5.41, 5.74) is 3.45. The summed E-state index contributed by atoms with van der Waals surface area (Å²) >= 11 is 0. The Morgan fingerprint density at radius 2 is 1.81 bits per heavy atom. The predicted octanol–water partition coefficient (Wildman–Crippen LogP) is 3.64. The van der Waals surface area contributed by atoms with Crippen LogP contribution >= 0.6 is 0 Å². The van der Waals surface area contributed by atoms with Crippen LogP contribution < -0.4 is 10.5 Å². The Labute approximate surface area is 183 Å². The molecule has 32 heavy (non-hydrogen) atoms. The van der Waals surface area contributed by atoms with Gasteiger partial charge in [0.1, 0.15) is 0 Å². The largest absolute Gasteiger partial charge is 0.417 e. The molecule has 0 bridgehead atoms. The molecule has 1 atom stereocenters. The van der Waals surface area contributed by atoms with E-state index in [0.29, 0.717) is 28.9 Å². The summed E-state index contributed by atoms with van der Waals surface area (Å²) in [5.74, 6) is -0.718. The molecule has 9 heteroatoms. The van der Waals surface area contributed by atoms with Crippen molar-refractivity contribution in [1.29, 1.82) is 0 Å². The second-order valence-corrected chi connectivity index (χ2v) is 9.36. The predicted molar refractivity (Wildman–Crippen MR) is 119 cm³/mol. The van der Waals surface area contributed by atoms with Gasteiger partial charge in [0.25, 0.3) is 15.9 Å². The highest BCUT2D eigenvalue weighted by Gasteiger charge is 2.34. The maximum absolute atomic E-state index is 13.1. The average molecular weight is 449 g/mol. The third-order valence-corrected chi connectivity index (χ3v) is 7.00. The molecule has 0 aliphatic carbocycles. The first-order valence-corrected chi connectivity index (χ1v) is 11.4. The van der Waals surface area contributed by atoms with E-state index in [1.54, 1.807) is 53.4 Å². The number of nitrogens with one attached hydrogen (secondary N) is 2. The molecule has 8 nitrogen and oxygen atoms in total. The molecule has 4 aromatic rings. The molecule has 1 aromatic heterocycles. The molecule has 1 unspecified atom stereocenters. The maximum Gasteiger partial charge on any atom is 0.417 e. The van der Waals surface area contributed by atoms with Crippen LogP contribution in [0, 0.1) is 0 Å². The molecule has 162 valence electrons. The molecule has 1 aliphatic heterocycles. The standard InChI is InChI=1S/C23H19N3O5S/c1-14-18-9-8-16(25-32(29,30)17-5-3-2-4-6-17)12-19(18)22(27)26(14)13-15-7-10-20-21(11-15)31-23(28)24-20/h2-12,14,25H,13H2,1H3,(H,24,28). The van der Waals surface area contributed by atoms with Gasteiger partial charge in [-0.2, -0.15) is 0 Å². The third-order valence-electron chi connectivity index (χ3n) is 5.61. The van der Waals surface area contributed by atoms with Crippen molar-refractivity contribution in [3.8, 4) is 0 Å². The van der Waals surface area contributed by atoms with E-state index in [0.717, 1.165) is 11.1 Å². The number of amides is 1. The maximum atomic E-state index is 13.1. The molecule has 0 saturated carbocycles. The van der Waals surface area contributed by atoms with Gasteiger partial charge in [-0.1, -0.05) is 30.3 Å². The second kappa shape index (κ2) is 7.38. The van der Waals surface area contributed by atoms with Crippen LogP contribution in [-0.4, -0.2) is 24.2 Å². The van der Waals surface area contributed by atoms with Crippen LogP contribution in [0.5, 0.6) is 0 Å². The van der Waals surface area contributed by atoms with Crippen LogP contribution in [0.1, 0.15) is 34.5 Å². The van der Waals surface area contributed by atoms with E-state index >= 15 is 0 Å². The number of hydrogen-bond acceptors (Lipinski definition) is 5. The minimum absolute atomic E-state index is 0.147. The van der Waals surface area contributed by atoms with Crippen molar-refractivity contribution < 1.29 is 17.6 Å². The second-order valence-electron chi connectivity index (χ2n) is 7.67. The molecule has 0 spiro atoms. The molecule has 0 saturated heterocycles. The molecule has 5 rings (SSSR count). The topological polar surface area (TPSA) is 112 Å². The lowest BCUT2D eigenvalue weighted by molar-refractivity contribution is 0.0723. The lowest BCUT2D eigenvalue weighted by atomic mass is 10.1. The highest BCUT2D eigenvalue weighted by molar-refractivity contribution is 7.92. The number of aromatic amines is 1. The first-order valence-electron chi connectivity index (χ1n) is 9.96. The summed E-state index contributed by atoms with van der Waals surface area (Å²) in [4.78, 5) is 29.0. The zero-order valence-electron chi connectivity index (χ0n) is 17.0. The molecular weight excluding hydrogens is 430 g/mol. The smallest absolute Gasteiger partial charge is 0.408 e. The highest BCUT2D eigenvalue weighted by atomic mass is 32.2. The van der Waals surface area contributed by atoms with Crippen LogP contribution in [0.4, 0.5) is 5.69 Å². The minimum atomic E-state index is -3.76. The number of rotatable bonds is 5. The van der Waals surface area contributed by atoms with Crippen LogP contribution in [0.15, 0.2) is 80.8 Å². The zero-order chi connectivity index (χ0) is 22.5. The van der Waals surface area contributed by atoms with Crippen molar-refractivity contribution >= 4 is 32.7 Å². The summed E-state index contributed by atoms with van der Waals surface area (Å²) < 4.78 is 32.9. The van der Waals surface area contributed by atoms with Gasteiger partial charge in [-0.05, 0) is 54.4 Å². The van der Waals surface area contributed by atoms with Gasteiger partial charge in [0.2, 0.25) is 0 Å². The van der Waals surface area contributed by atoms with Crippen molar-refractivity contribution in [2.24, 2.45) is 0 Å². The van der Waals surface area contributed by atoms with Crippen LogP contribution in [0.2, 0.25) is 0 Å². The van der Waals surface area contributed by atoms with Crippen molar-refractivity contribution in [2.45, 2.75) is 24.4 Å². The molecule has 0 radical (unpaired) electrons. The lowest BCUT2D eigenvalue weighted by Crippen LogP contribution is -2.26. The van der Waals surface area contributed by atoms with E-state index in [-0.39, 0.29) is 16.8 Å². The van der Waals surface area contributed by atoms with Crippen molar-refractivity contribution in [3.63, 3.8) is 0 Å². The number of aromatic nitrogens is 1. The number of hydrogen-bond donors (Lipinski definition) is 2. The van der Waals surface area contributed by atoms with Crippen molar-refractivity contribution in [2.75, 3.05) is 4.72 Å². The van der Waals surface area contributed by atoms with E-state index in [2.05, 4.69) is 9.71 Å². The summed E-state index contributed by atoms with van der Waals surface area (Å²) in [5, 5.41) is 0. The van der Waals surface area contributed by atoms with E-state index in [1.807, 2.05) is 13.0 Å². The van der Waals surface area contributed by atoms with Gasteiger partial charge in [-0.15, -0.1) is 0 Å². The SMILES string of the molecule is CC1c2ccc(NS(=O)(=O)c3ccccc3)cc2C(=O)N1Cc1ccc2[nH]c(=O)oc2c1. The number of fused-ring (bicyclic) bond motifs is 2. The fraction of sp³-hybridized carbons (Fsp3) is 0.130. The first-order chi connectivity index (χ1) is 15.3. The summed E-state index contributed by atoms with van der Waals surface area (Å²) in [7, 11) is -3.76. The average Bonchev–Trinajstić information content (AvgIpc) is 3.25. The zero-order valence-corrected chi connectivity index (χ0v) is 17.8. The van der Waals surface area contributed by atoms with Gasteiger partial charge in [-0.3, -0.25) is 14.5 Å². The number of carbonyl (C=O) groups excluding carboxylic acids is 1. The minimum Gasteiger partial charge on any atom is -0.408 e. The van der Waals surface area contributed by atoms with Crippen LogP contribution in [-0.2, 0) is 16.6 Å². The molecule has 3 aromatic carbocycles. The Balaban J connectivity index is 1.40. The van der Waals surface area contributed by atoms with Crippen LogP contribution in [0.25, 0.3) is 11.1 Å². The van der Waals surface area contributed by atoms with Crippen molar-refractivity contribution in [3.05, 3.63) is 94.0 Å².